The predicted molar refractivity (Wildman–Crippen MR) is 84.9 cm³/mol. The number of pyridine rings is 1. The molecule has 0 aliphatic carbocycles. The molecule has 0 fully saturated rings. The zero-order valence-electron chi connectivity index (χ0n) is 12.3. The Bertz CT molecular complexity index is 922. The van der Waals surface area contributed by atoms with Crippen LogP contribution in [0.1, 0.15) is 27.7 Å². The van der Waals surface area contributed by atoms with Crippen molar-refractivity contribution in [2.45, 2.75) is 13.0 Å². The maximum absolute atomic E-state index is 12.6. The molecule has 1 aromatic carbocycles. The third kappa shape index (κ3) is 2.41. The van der Waals surface area contributed by atoms with Crippen molar-refractivity contribution in [3.05, 3.63) is 58.4 Å². The zero-order valence-corrected chi connectivity index (χ0v) is 13.0. The molecule has 4 rings (SSSR count). The lowest BCUT2D eigenvalue weighted by atomic mass is 10.1. The highest BCUT2D eigenvalue weighted by Gasteiger charge is 2.27. The molecule has 0 spiro atoms. The maximum atomic E-state index is 12.6. The Kier molecular flexibility index (Phi) is 3.20. The topological polar surface area (TPSA) is 68.5 Å². The summed E-state index contributed by atoms with van der Waals surface area (Å²) < 4.78 is 7.16. The standard InChI is InChI=1S/C16H13ClN4O2/c1-9-4-5-21-13(6-9)15(19-20-21)16(22)18-12-8-23-14-7-10(17)2-3-11(12)14/h2-7,12H,8H2,1H3,(H,18,22)/t12-/m1/s1. The normalized spacial score (nSPS) is 16.2. The second-order valence-electron chi connectivity index (χ2n) is 5.49. The van der Waals surface area contributed by atoms with Gasteiger partial charge in [-0.15, -0.1) is 5.10 Å². The highest BCUT2D eigenvalue weighted by Crippen LogP contribution is 2.34. The van der Waals surface area contributed by atoms with Crippen LogP contribution in [0.15, 0.2) is 36.5 Å². The molecule has 0 bridgehead atoms. The fraction of sp³-hybridized carbons (Fsp3) is 0.188. The third-order valence-electron chi connectivity index (χ3n) is 3.85. The third-order valence-corrected chi connectivity index (χ3v) is 4.09. The summed E-state index contributed by atoms with van der Waals surface area (Å²) >= 11 is 5.95. The van der Waals surface area contributed by atoms with Gasteiger partial charge in [0.05, 0.1) is 11.6 Å². The molecule has 1 aliphatic rings. The molecule has 3 aromatic rings. The summed E-state index contributed by atoms with van der Waals surface area (Å²) in [6, 6.07) is 8.97. The molecule has 3 heterocycles. The molecule has 0 radical (unpaired) electrons. The van der Waals surface area contributed by atoms with E-state index in [0.29, 0.717) is 28.6 Å². The first-order chi connectivity index (χ1) is 11.1. The van der Waals surface area contributed by atoms with Crippen LogP contribution in [0, 0.1) is 6.92 Å². The van der Waals surface area contributed by atoms with Gasteiger partial charge < -0.3 is 10.1 Å². The summed E-state index contributed by atoms with van der Waals surface area (Å²) in [4.78, 5) is 12.6. The fourth-order valence-corrected chi connectivity index (χ4v) is 2.85. The van der Waals surface area contributed by atoms with Gasteiger partial charge in [0.1, 0.15) is 12.4 Å². The number of carbonyl (C=O) groups is 1. The summed E-state index contributed by atoms with van der Waals surface area (Å²) in [7, 11) is 0. The Balaban J connectivity index is 1.62. The molecule has 6 nitrogen and oxygen atoms in total. The SMILES string of the molecule is Cc1ccn2nnc(C(=O)N[C@@H]3COc4cc(Cl)ccc43)c2c1. The molecular weight excluding hydrogens is 316 g/mol. The average Bonchev–Trinajstić information content (AvgIpc) is 3.11. The fourth-order valence-electron chi connectivity index (χ4n) is 2.69. The minimum absolute atomic E-state index is 0.226. The smallest absolute Gasteiger partial charge is 0.274 e. The number of halogens is 1. The van der Waals surface area contributed by atoms with E-state index in [0.717, 1.165) is 11.1 Å². The van der Waals surface area contributed by atoms with Crippen LogP contribution in [-0.4, -0.2) is 27.3 Å². The van der Waals surface area contributed by atoms with E-state index in [1.807, 2.05) is 25.1 Å². The summed E-state index contributed by atoms with van der Waals surface area (Å²) in [6.45, 7) is 2.33. The molecule has 1 atom stereocenters. The Hall–Kier alpha value is -2.60. The lowest BCUT2D eigenvalue weighted by Gasteiger charge is -2.10. The van der Waals surface area contributed by atoms with Crippen molar-refractivity contribution in [2.24, 2.45) is 0 Å². The van der Waals surface area contributed by atoms with Gasteiger partial charge in [-0.3, -0.25) is 4.79 Å². The molecule has 1 aliphatic heterocycles. The van der Waals surface area contributed by atoms with Gasteiger partial charge in [0.2, 0.25) is 0 Å². The van der Waals surface area contributed by atoms with Gasteiger partial charge in [-0.1, -0.05) is 22.9 Å². The van der Waals surface area contributed by atoms with Gasteiger partial charge in [-0.2, -0.15) is 0 Å². The Labute approximate surface area is 137 Å². The largest absolute Gasteiger partial charge is 0.491 e. The van der Waals surface area contributed by atoms with Crippen molar-refractivity contribution >= 4 is 23.0 Å². The van der Waals surface area contributed by atoms with Crippen molar-refractivity contribution < 1.29 is 9.53 Å². The number of fused-ring (bicyclic) bond motifs is 2. The van der Waals surface area contributed by atoms with E-state index in [9.17, 15) is 4.79 Å². The quantitative estimate of drug-likeness (QED) is 0.785. The Morgan fingerprint density at radius 3 is 3.13 bits per heavy atom. The van der Waals surface area contributed by atoms with Gasteiger partial charge in [-0.05, 0) is 36.8 Å². The highest BCUT2D eigenvalue weighted by molar-refractivity contribution is 6.30. The van der Waals surface area contributed by atoms with E-state index >= 15 is 0 Å². The molecule has 1 amide bonds. The summed E-state index contributed by atoms with van der Waals surface area (Å²) in [6.07, 6.45) is 1.78. The van der Waals surface area contributed by atoms with Crippen LogP contribution in [0.2, 0.25) is 5.02 Å². The van der Waals surface area contributed by atoms with Gasteiger partial charge in [-0.25, -0.2) is 4.52 Å². The van der Waals surface area contributed by atoms with E-state index < -0.39 is 0 Å². The number of aryl methyl sites for hydroxylation is 1. The number of amides is 1. The van der Waals surface area contributed by atoms with Gasteiger partial charge >= 0.3 is 0 Å². The number of rotatable bonds is 2. The lowest BCUT2D eigenvalue weighted by Crippen LogP contribution is -2.29. The summed E-state index contributed by atoms with van der Waals surface area (Å²) in [5, 5.41) is 11.5. The molecule has 7 heteroatoms. The van der Waals surface area contributed by atoms with Crippen LogP contribution in [0.25, 0.3) is 5.52 Å². The Morgan fingerprint density at radius 1 is 1.39 bits per heavy atom. The molecular formula is C16H13ClN4O2. The van der Waals surface area contributed by atoms with Crippen LogP contribution in [0.4, 0.5) is 0 Å². The monoisotopic (exact) mass is 328 g/mol. The number of carbonyl (C=O) groups excluding carboxylic acids is 1. The molecule has 116 valence electrons. The number of nitrogens with zero attached hydrogens (tertiary/aromatic N) is 3. The molecule has 0 saturated heterocycles. The van der Waals surface area contributed by atoms with Crippen molar-refractivity contribution in [3.63, 3.8) is 0 Å². The van der Waals surface area contributed by atoms with Crippen LogP contribution < -0.4 is 10.1 Å². The number of aromatic nitrogens is 3. The predicted octanol–water partition coefficient (Wildman–Crippen LogP) is 2.55. The number of hydrogen-bond acceptors (Lipinski definition) is 4. The second-order valence-corrected chi connectivity index (χ2v) is 5.93. The number of ether oxygens (including phenoxy) is 1. The molecule has 0 unspecified atom stereocenters. The van der Waals surface area contributed by atoms with Gasteiger partial charge in [0.15, 0.2) is 5.69 Å². The minimum Gasteiger partial charge on any atom is -0.491 e. The van der Waals surface area contributed by atoms with Crippen LogP contribution >= 0.6 is 11.6 Å². The van der Waals surface area contributed by atoms with Gasteiger partial charge in [0.25, 0.3) is 5.91 Å². The van der Waals surface area contributed by atoms with E-state index in [4.69, 9.17) is 16.3 Å². The molecule has 0 saturated carbocycles. The first-order valence-electron chi connectivity index (χ1n) is 7.16. The van der Waals surface area contributed by atoms with Gasteiger partial charge in [0, 0.05) is 16.8 Å². The van der Waals surface area contributed by atoms with E-state index in [1.54, 1.807) is 22.8 Å². The second kappa shape index (κ2) is 5.24. The van der Waals surface area contributed by atoms with E-state index in [2.05, 4.69) is 15.6 Å². The first kappa shape index (κ1) is 14.0. The van der Waals surface area contributed by atoms with Crippen molar-refractivity contribution in [3.8, 4) is 5.75 Å². The number of hydrogen-bond donors (Lipinski definition) is 1. The molecule has 1 N–H and O–H groups in total. The zero-order chi connectivity index (χ0) is 16.0. The highest BCUT2D eigenvalue weighted by atomic mass is 35.5. The number of nitrogens with one attached hydrogen (secondary N) is 1. The average molecular weight is 329 g/mol. The first-order valence-corrected chi connectivity index (χ1v) is 7.54. The van der Waals surface area contributed by atoms with E-state index in [1.165, 1.54) is 0 Å². The van der Waals surface area contributed by atoms with Crippen molar-refractivity contribution in [1.82, 2.24) is 20.1 Å². The van der Waals surface area contributed by atoms with Crippen LogP contribution in [0.5, 0.6) is 5.75 Å². The van der Waals surface area contributed by atoms with E-state index in [-0.39, 0.29) is 11.9 Å². The number of benzene rings is 1. The lowest BCUT2D eigenvalue weighted by molar-refractivity contribution is 0.0927. The minimum atomic E-state index is -0.276. The van der Waals surface area contributed by atoms with Crippen molar-refractivity contribution in [1.29, 1.82) is 0 Å². The summed E-state index contributed by atoms with van der Waals surface area (Å²) in [5.74, 6) is 0.425. The van der Waals surface area contributed by atoms with Crippen LogP contribution in [-0.2, 0) is 0 Å². The summed E-state index contributed by atoms with van der Waals surface area (Å²) in [5.41, 5.74) is 2.93. The maximum Gasteiger partial charge on any atom is 0.274 e. The Morgan fingerprint density at radius 2 is 2.26 bits per heavy atom. The van der Waals surface area contributed by atoms with Crippen LogP contribution in [0.3, 0.4) is 0 Å². The van der Waals surface area contributed by atoms with Crippen molar-refractivity contribution in [2.75, 3.05) is 6.61 Å². The molecule has 23 heavy (non-hydrogen) atoms. The molecule has 2 aromatic heterocycles.